The van der Waals surface area contributed by atoms with Crippen molar-refractivity contribution in [3.05, 3.63) is 12.2 Å². The lowest BCUT2D eigenvalue weighted by molar-refractivity contribution is 0.445. The highest BCUT2D eigenvalue weighted by molar-refractivity contribution is 5.79. The molecule has 0 radical (unpaired) electrons. The van der Waals surface area contributed by atoms with Gasteiger partial charge in [-0.25, -0.2) is 4.98 Å². The molecule has 0 aliphatic carbocycles. The molecule has 114 valence electrons. The number of nitrogens with zero attached hydrogens (tertiary/aromatic N) is 5. The van der Waals surface area contributed by atoms with Gasteiger partial charge in [0.2, 0.25) is 0 Å². The Hall–Kier alpha value is -1.59. The van der Waals surface area contributed by atoms with Crippen molar-refractivity contribution in [2.45, 2.75) is 39.7 Å². The van der Waals surface area contributed by atoms with Crippen LogP contribution >= 0.6 is 0 Å². The Morgan fingerprint density at radius 3 is 2.75 bits per heavy atom. The van der Waals surface area contributed by atoms with Gasteiger partial charge in [0.05, 0.1) is 6.54 Å². The molecule has 0 aliphatic heterocycles. The van der Waals surface area contributed by atoms with Crippen LogP contribution in [0.3, 0.4) is 0 Å². The summed E-state index contributed by atoms with van der Waals surface area (Å²) in [5.74, 6) is 2.61. The SMILES string of the molecule is CN=C(NCCCCC(C)C)N(C)Cc1ncnn1C. The third kappa shape index (κ3) is 5.59. The summed E-state index contributed by atoms with van der Waals surface area (Å²) in [5, 5.41) is 7.47. The van der Waals surface area contributed by atoms with Crippen LogP contribution in [0.15, 0.2) is 11.3 Å². The topological polar surface area (TPSA) is 58.3 Å². The van der Waals surface area contributed by atoms with E-state index in [9.17, 15) is 0 Å². The lowest BCUT2D eigenvalue weighted by Gasteiger charge is -2.21. The van der Waals surface area contributed by atoms with Crippen LogP contribution < -0.4 is 5.32 Å². The van der Waals surface area contributed by atoms with E-state index >= 15 is 0 Å². The van der Waals surface area contributed by atoms with Crippen molar-refractivity contribution in [3.63, 3.8) is 0 Å². The van der Waals surface area contributed by atoms with Gasteiger partial charge in [0, 0.05) is 27.7 Å². The van der Waals surface area contributed by atoms with Gasteiger partial charge >= 0.3 is 0 Å². The van der Waals surface area contributed by atoms with E-state index in [2.05, 4.69) is 39.1 Å². The molecular weight excluding hydrogens is 252 g/mol. The number of unbranched alkanes of at least 4 members (excludes halogenated alkanes) is 1. The number of nitrogens with one attached hydrogen (secondary N) is 1. The molecule has 0 aliphatic rings. The molecule has 20 heavy (non-hydrogen) atoms. The smallest absolute Gasteiger partial charge is 0.193 e. The molecule has 1 aromatic heterocycles. The molecule has 0 fully saturated rings. The van der Waals surface area contributed by atoms with Gasteiger partial charge in [-0.3, -0.25) is 9.67 Å². The molecule has 1 N–H and O–H groups in total. The number of aliphatic imine (C=N–C) groups is 1. The molecule has 1 heterocycles. The molecule has 1 aromatic rings. The lowest BCUT2D eigenvalue weighted by Crippen LogP contribution is -2.39. The van der Waals surface area contributed by atoms with E-state index in [1.807, 2.05) is 21.1 Å². The molecule has 0 amide bonds. The minimum absolute atomic E-state index is 0.697. The quantitative estimate of drug-likeness (QED) is 0.469. The van der Waals surface area contributed by atoms with E-state index < -0.39 is 0 Å². The van der Waals surface area contributed by atoms with Crippen LogP contribution in [0.25, 0.3) is 0 Å². The Bertz CT molecular complexity index is 410. The number of aryl methyl sites for hydroxylation is 1. The van der Waals surface area contributed by atoms with Crippen molar-refractivity contribution in [3.8, 4) is 0 Å². The molecule has 0 bridgehead atoms. The fourth-order valence-electron chi connectivity index (χ4n) is 2.01. The van der Waals surface area contributed by atoms with Crippen LogP contribution in [0.5, 0.6) is 0 Å². The van der Waals surface area contributed by atoms with Gasteiger partial charge in [0.25, 0.3) is 0 Å². The molecule has 0 saturated carbocycles. The number of guanidine groups is 1. The minimum atomic E-state index is 0.697. The number of rotatable bonds is 7. The van der Waals surface area contributed by atoms with Crippen LogP contribution in [-0.4, -0.2) is 46.3 Å². The van der Waals surface area contributed by atoms with Gasteiger partial charge < -0.3 is 10.2 Å². The first-order valence-electron chi connectivity index (χ1n) is 7.29. The Balaban J connectivity index is 2.33. The zero-order valence-corrected chi connectivity index (χ0v) is 13.4. The Morgan fingerprint density at radius 1 is 1.45 bits per heavy atom. The summed E-state index contributed by atoms with van der Waals surface area (Å²) in [6.45, 7) is 6.19. The normalized spacial score (nSPS) is 12.0. The third-order valence-electron chi connectivity index (χ3n) is 3.25. The summed E-state index contributed by atoms with van der Waals surface area (Å²) in [6, 6.07) is 0. The van der Waals surface area contributed by atoms with Crippen LogP contribution in [0.2, 0.25) is 0 Å². The summed E-state index contributed by atoms with van der Waals surface area (Å²) in [4.78, 5) is 10.6. The zero-order chi connectivity index (χ0) is 15.0. The standard InChI is InChI=1S/C14H28N6/c1-12(2)8-6-7-9-16-14(15-3)19(4)10-13-17-11-18-20(13)5/h11-12H,6-10H2,1-5H3,(H,15,16). The second-order valence-corrected chi connectivity index (χ2v) is 5.52. The zero-order valence-electron chi connectivity index (χ0n) is 13.4. The summed E-state index contributed by atoms with van der Waals surface area (Å²) >= 11 is 0. The van der Waals surface area contributed by atoms with Crippen molar-refractivity contribution in [2.24, 2.45) is 18.0 Å². The maximum Gasteiger partial charge on any atom is 0.193 e. The molecule has 0 unspecified atom stereocenters. The Labute approximate surface area is 122 Å². The van der Waals surface area contributed by atoms with Gasteiger partial charge in [0.1, 0.15) is 12.2 Å². The predicted molar refractivity (Wildman–Crippen MR) is 82.5 cm³/mol. The number of hydrogen-bond acceptors (Lipinski definition) is 3. The van der Waals surface area contributed by atoms with Crippen LogP contribution in [0.1, 0.15) is 38.9 Å². The highest BCUT2D eigenvalue weighted by atomic mass is 15.4. The first kappa shape index (κ1) is 16.5. The monoisotopic (exact) mass is 280 g/mol. The molecule has 0 aromatic carbocycles. The third-order valence-corrected chi connectivity index (χ3v) is 3.25. The van der Waals surface area contributed by atoms with E-state index in [0.717, 1.165) is 24.2 Å². The number of hydrogen-bond donors (Lipinski definition) is 1. The van der Waals surface area contributed by atoms with Crippen molar-refractivity contribution in [2.75, 3.05) is 20.6 Å². The highest BCUT2D eigenvalue weighted by Gasteiger charge is 2.09. The van der Waals surface area contributed by atoms with Gasteiger partial charge in [-0.05, 0) is 12.3 Å². The highest BCUT2D eigenvalue weighted by Crippen LogP contribution is 2.05. The summed E-state index contributed by atoms with van der Waals surface area (Å²) < 4.78 is 1.78. The maximum absolute atomic E-state index is 4.30. The van der Waals surface area contributed by atoms with Gasteiger partial charge in [-0.1, -0.05) is 26.7 Å². The summed E-state index contributed by atoms with van der Waals surface area (Å²) in [7, 11) is 5.72. The van der Waals surface area contributed by atoms with Crippen LogP contribution in [0.4, 0.5) is 0 Å². The first-order valence-corrected chi connectivity index (χ1v) is 7.29. The molecule has 0 atom stereocenters. The van der Waals surface area contributed by atoms with Crippen molar-refractivity contribution in [1.82, 2.24) is 25.0 Å². The fourth-order valence-corrected chi connectivity index (χ4v) is 2.01. The largest absolute Gasteiger partial charge is 0.356 e. The average Bonchev–Trinajstić information content (AvgIpc) is 2.79. The van der Waals surface area contributed by atoms with Gasteiger partial charge in [-0.2, -0.15) is 5.10 Å². The van der Waals surface area contributed by atoms with E-state index in [-0.39, 0.29) is 0 Å². The van der Waals surface area contributed by atoms with Gasteiger partial charge in [-0.15, -0.1) is 0 Å². The lowest BCUT2D eigenvalue weighted by atomic mass is 10.1. The van der Waals surface area contributed by atoms with Crippen molar-refractivity contribution < 1.29 is 0 Å². The molecule has 6 heteroatoms. The Kier molecular flexibility index (Phi) is 7.04. The second-order valence-electron chi connectivity index (χ2n) is 5.52. The van der Waals surface area contributed by atoms with Crippen molar-refractivity contribution >= 4 is 5.96 Å². The van der Waals surface area contributed by atoms with Crippen LogP contribution in [-0.2, 0) is 13.6 Å². The second kappa shape index (κ2) is 8.55. The van der Waals surface area contributed by atoms with E-state index in [4.69, 9.17) is 0 Å². The Morgan fingerprint density at radius 2 is 2.20 bits per heavy atom. The molecule has 0 saturated heterocycles. The van der Waals surface area contributed by atoms with Crippen LogP contribution in [0, 0.1) is 5.92 Å². The summed E-state index contributed by atoms with van der Waals surface area (Å²) in [5.41, 5.74) is 0. The molecule has 0 spiro atoms. The number of aromatic nitrogens is 3. The average molecular weight is 280 g/mol. The minimum Gasteiger partial charge on any atom is -0.356 e. The molecule has 6 nitrogen and oxygen atoms in total. The van der Waals surface area contributed by atoms with Gasteiger partial charge in [0.15, 0.2) is 5.96 Å². The summed E-state index contributed by atoms with van der Waals surface area (Å²) in [6.07, 6.45) is 5.30. The maximum atomic E-state index is 4.30. The first-order chi connectivity index (χ1) is 9.54. The predicted octanol–water partition coefficient (Wildman–Crippen LogP) is 1.65. The van der Waals surface area contributed by atoms with E-state index in [1.54, 1.807) is 11.0 Å². The molecular formula is C14H28N6. The van der Waals surface area contributed by atoms with Crippen molar-refractivity contribution in [1.29, 1.82) is 0 Å². The fraction of sp³-hybridized carbons (Fsp3) is 0.786. The van der Waals surface area contributed by atoms with E-state index in [0.29, 0.717) is 6.54 Å². The molecule has 1 rings (SSSR count). The van der Waals surface area contributed by atoms with E-state index in [1.165, 1.54) is 19.3 Å².